The molecule has 0 spiro atoms. The number of ether oxygens (including phenoxy) is 1. The second kappa shape index (κ2) is 8.27. The van der Waals surface area contributed by atoms with E-state index in [1.165, 1.54) is 0 Å². The van der Waals surface area contributed by atoms with Gasteiger partial charge in [0, 0.05) is 5.52 Å². The van der Waals surface area contributed by atoms with Crippen LogP contribution in [0.2, 0.25) is 0 Å². The summed E-state index contributed by atoms with van der Waals surface area (Å²) in [5.74, 6) is 0.834. The van der Waals surface area contributed by atoms with Gasteiger partial charge >= 0.3 is 18.9 Å². The molecule has 20 heavy (non-hydrogen) atoms. The van der Waals surface area contributed by atoms with E-state index < -0.39 is 0 Å². The summed E-state index contributed by atoms with van der Waals surface area (Å²) in [5, 5.41) is 0.977. The Hall–Kier alpha value is -1.06. The predicted molar refractivity (Wildman–Crippen MR) is 79.5 cm³/mol. The van der Waals surface area contributed by atoms with Crippen molar-refractivity contribution < 1.29 is 28.4 Å². The van der Waals surface area contributed by atoms with Crippen LogP contribution in [0.3, 0.4) is 0 Å². The van der Waals surface area contributed by atoms with Gasteiger partial charge in [-0.15, -0.1) is 0 Å². The van der Waals surface area contributed by atoms with Gasteiger partial charge in [-0.1, -0.05) is 42.5 Å². The Labute approximate surface area is 133 Å². The van der Waals surface area contributed by atoms with Crippen molar-refractivity contribution in [1.82, 2.24) is 0 Å². The minimum absolute atomic E-state index is 0. The molecule has 0 aliphatic heterocycles. The molecule has 0 aliphatic rings. The molecule has 2 nitrogen and oxygen atoms in total. The minimum Gasteiger partial charge on any atom is -0.491 e. The Morgan fingerprint density at radius 1 is 1.00 bits per heavy atom. The molecular weight excluding hydrogens is 262 g/mol. The Bertz CT molecular complexity index is 538. The van der Waals surface area contributed by atoms with E-state index in [1.807, 2.05) is 68.4 Å². The van der Waals surface area contributed by atoms with E-state index in [-0.39, 0.29) is 30.5 Å². The monoisotopic (exact) mass is 278 g/mol. The second-order valence-electron chi connectivity index (χ2n) is 4.44. The molecule has 0 aromatic heterocycles. The van der Waals surface area contributed by atoms with Gasteiger partial charge in [0.1, 0.15) is 5.75 Å². The van der Waals surface area contributed by atoms with Gasteiger partial charge in [-0.2, -0.15) is 5.30 Å². The van der Waals surface area contributed by atoms with Crippen molar-refractivity contribution in [2.75, 3.05) is 0 Å². The number of benzene rings is 2. The average Bonchev–Trinajstić information content (AvgIpc) is 2.41. The summed E-state index contributed by atoms with van der Waals surface area (Å²) < 4.78 is 5.57. The third-order valence-corrected chi connectivity index (χ3v) is 3.48. The summed E-state index contributed by atoms with van der Waals surface area (Å²) in [5.41, 5.74) is 0.852. The zero-order valence-electron chi connectivity index (χ0n) is 12.0. The molecule has 0 fully saturated rings. The largest absolute Gasteiger partial charge is 1.00 e. The third-order valence-electron chi connectivity index (χ3n) is 2.46. The van der Waals surface area contributed by atoms with Gasteiger partial charge in [0.05, 0.1) is 6.10 Å². The molecule has 2 aromatic rings. The van der Waals surface area contributed by atoms with Crippen molar-refractivity contribution in [3.05, 3.63) is 60.2 Å². The summed E-state index contributed by atoms with van der Waals surface area (Å²) in [6.45, 7) is 3.98. The SMILES string of the molecule is CC(C)Oc1ccc([P-]C(=O)c2ccccc2)cc1.[Li+]. The molecule has 0 bridgehead atoms. The number of hydrogen-bond acceptors (Lipinski definition) is 2. The standard InChI is InChI=1S/C16H16O2P.Li/c1-12(2)18-14-8-10-15(11-9-14)19-16(17)13-6-4-3-5-7-13;/h3-12H,1-2H3;/q-1;+1. The van der Waals surface area contributed by atoms with Gasteiger partial charge in [-0.05, 0) is 31.5 Å². The molecule has 0 heterocycles. The van der Waals surface area contributed by atoms with Crippen LogP contribution in [0.25, 0.3) is 0 Å². The van der Waals surface area contributed by atoms with E-state index in [1.54, 1.807) is 0 Å². The Balaban J connectivity index is 0.00000200. The zero-order valence-corrected chi connectivity index (χ0v) is 12.9. The summed E-state index contributed by atoms with van der Waals surface area (Å²) in [6.07, 6.45) is 0.161. The van der Waals surface area contributed by atoms with Crippen molar-refractivity contribution in [3.8, 4) is 5.75 Å². The molecule has 0 unspecified atom stereocenters. The number of carbonyl (C=O) groups is 1. The van der Waals surface area contributed by atoms with E-state index in [4.69, 9.17) is 4.74 Å². The van der Waals surface area contributed by atoms with E-state index in [2.05, 4.69) is 0 Å². The van der Waals surface area contributed by atoms with Gasteiger partial charge < -0.3 is 18.1 Å². The van der Waals surface area contributed by atoms with E-state index in [0.717, 1.165) is 16.6 Å². The maximum absolute atomic E-state index is 12.0. The van der Waals surface area contributed by atoms with Crippen LogP contribution >= 0.6 is 8.58 Å². The first-order valence-corrected chi connectivity index (χ1v) is 7.12. The fourth-order valence-electron chi connectivity index (χ4n) is 1.63. The van der Waals surface area contributed by atoms with Crippen LogP contribution in [0.15, 0.2) is 54.6 Å². The van der Waals surface area contributed by atoms with Gasteiger partial charge in [-0.25, -0.2) is 0 Å². The average molecular weight is 278 g/mol. The molecule has 0 saturated carbocycles. The summed E-state index contributed by atoms with van der Waals surface area (Å²) in [6, 6.07) is 17.0. The van der Waals surface area contributed by atoms with Crippen molar-refractivity contribution in [2.24, 2.45) is 0 Å². The molecule has 0 amide bonds. The summed E-state index contributed by atoms with van der Waals surface area (Å²) in [7, 11) is 0.692. The van der Waals surface area contributed by atoms with Crippen molar-refractivity contribution in [3.63, 3.8) is 0 Å². The quantitative estimate of drug-likeness (QED) is 0.600. The van der Waals surface area contributed by atoms with E-state index in [0.29, 0.717) is 8.58 Å². The third kappa shape index (κ3) is 5.14. The Morgan fingerprint density at radius 2 is 1.60 bits per heavy atom. The van der Waals surface area contributed by atoms with Crippen LogP contribution in [-0.2, 0) is 0 Å². The molecule has 0 radical (unpaired) electrons. The fourth-order valence-corrected chi connectivity index (χ4v) is 2.44. The fraction of sp³-hybridized carbons (Fsp3) is 0.188. The molecule has 0 N–H and O–H groups in total. The normalized spacial score (nSPS) is 10.6. The van der Waals surface area contributed by atoms with Gasteiger partial charge in [0.25, 0.3) is 0 Å². The second-order valence-corrected chi connectivity index (χ2v) is 5.59. The van der Waals surface area contributed by atoms with Crippen molar-refractivity contribution in [2.45, 2.75) is 20.0 Å². The smallest absolute Gasteiger partial charge is 0.491 e. The molecule has 98 valence electrons. The van der Waals surface area contributed by atoms with Crippen LogP contribution < -0.4 is 28.9 Å². The molecule has 0 atom stereocenters. The Morgan fingerprint density at radius 3 is 2.15 bits per heavy atom. The molecule has 0 saturated heterocycles. The van der Waals surface area contributed by atoms with Crippen LogP contribution in [0, 0.1) is 0 Å². The maximum atomic E-state index is 12.0. The van der Waals surface area contributed by atoms with Crippen LogP contribution in [-0.4, -0.2) is 11.6 Å². The first-order valence-electron chi connectivity index (χ1n) is 6.23. The van der Waals surface area contributed by atoms with Gasteiger partial charge in [0.15, 0.2) is 0 Å². The topological polar surface area (TPSA) is 26.3 Å². The van der Waals surface area contributed by atoms with Gasteiger partial charge in [-0.3, -0.25) is 0 Å². The van der Waals surface area contributed by atoms with Crippen molar-refractivity contribution in [1.29, 1.82) is 0 Å². The van der Waals surface area contributed by atoms with Crippen molar-refractivity contribution >= 4 is 19.4 Å². The summed E-state index contributed by atoms with van der Waals surface area (Å²) >= 11 is 0. The first-order chi connectivity index (χ1) is 9.15. The number of hydrogen-bond donors (Lipinski definition) is 0. The molecule has 4 heteroatoms. The van der Waals surface area contributed by atoms with E-state index in [9.17, 15) is 4.79 Å². The molecule has 2 rings (SSSR count). The number of rotatable bonds is 5. The minimum atomic E-state index is 0. The van der Waals surface area contributed by atoms with Crippen LogP contribution in [0.5, 0.6) is 5.75 Å². The molecule has 2 aromatic carbocycles. The van der Waals surface area contributed by atoms with Gasteiger partial charge in [0.2, 0.25) is 0 Å². The predicted octanol–water partition coefficient (Wildman–Crippen LogP) is 0.890. The van der Waals surface area contributed by atoms with E-state index >= 15 is 0 Å². The van der Waals surface area contributed by atoms with Crippen LogP contribution in [0.1, 0.15) is 24.2 Å². The molecule has 0 aliphatic carbocycles. The first kappa shape index (κ1) is 17.0. The number of carbonyl (C=O) groups excluding carboxylic acids is 1. The maximum Gasteiger partial charge on any atom is 1.00 e. The molecular formula is C16H16LiO2P. The van der Waals surface area contributed by atoms with Crippen LogP contribution in [0.4, 0.5) is 0 Å². The zero-order chi connectivity index (χ0) is 13.7. The Kier molecular flexibility index (Phi) is 7.03. The summed E-state index contributed by atoms with van der Waals surface area (Å²) in [4.78, 5) is 12.0.